The molecule has 2 rings (SSSR count). The maximum absolute atomic E-state index is 11.3. The highest BCUT2D eigenvalue weighted by atomic mass is 32.1. The van der Waals surface area contributed by atoms with Gasteiger partial charge in [-0.15, -0.1) is 11.3 Å². The van der Waals surface area contributed by atoms with Crippen LogP contribution in [0.25, 0.3) is 10.2 Å². The molecule has 0 radical (unpaired) electrons. The number of carbonyl (C=O) groups is 1. The number of rotatable bonds is 2. The van der Waals surface area contributed by atoms with Crippen LogP contribution >= 0.6 is 11.3 Å². The van der Waals surface area contributed by atoms with Crippen LogP contribution < -0.4 is 11.1 Å². The largest absolute Gasteiger partial charge is 0.325 e. The van der Waals surface area contributed by atoms with Crippen LogP contribution in [0.5, 0.6) is 0 Å². The number of fused-ring (bicyclic) bond motifs is 1. The number of carbonyl (C=O) groups excluding carboxylic acids is 1. The third kappa shape index (κ3) is 2.14. The molecule has 5 heteroatoms. The molecule has 0 saturated heterocycles. The molecule has 0 spiro atoms. The monoisotopic (exact) mass is 221 g/mol. The summed E-state index contributed by atoms with van der Waals surface area (Å²) >= 11 is 1.54. The van der Waals surface area contributed by atoms with Gasteiger partial charge >= 0.3 is 0 Å². The Morgan fingerprint density at radius 1 is 1.60 bits per heavy atom. The first-order valence-electron chi connectivity index (χ1n) is 4.56. The van der Waals surface area contributed by atoms with Crippen molar-refractivity contribution in [2.75, 3.05) is 5.32 Å². The zero-order chi connectivity index (χ0) is 10.8. The van der Waals surface area contributed by atoms with Crippen molar-refractivity contribution in [3.05, 3.63) is 23.7 Å². The van der Waals surface area contributed by atoms with E-state index in [9.17, 15) is 4.79 Å². The van der Waals surface area contributed by atoms with E-state index in [2.05, 4.69) is 10.3 Å². The molecule has 2 aromatic rings. The molecule has 0 aliphatic carbocycles. The van der Waals surface area contributed by atoms with Crippen LogP contribution in [0.1, 0.15) is 6.92 Å². The van der Waals surface area contributed by atoms with Gasteiger partial charge in [-0.05, 0) is 25.1 Å². The van der Waals surface area contributed by atoms with E-state index in [1.54, 1.807) is 23.8 Å². The Morgan fingerprint density at radius 2 is 2.40 bits per heavy atom. The van der Waals surface area contributed by atoms with Gasteiger partial charge in [0.15, 0.2) is 0 Å². The lowest BCUT2D eigenvalue weighted by atomic mass is 10.2. The Kier molecular flexibility index (Phi) is 2.66. The highest BCUT2D eigenvalue weighted by Crippen LogP contribution is 2.21. The Hall–Kier alpha value is -1.46. The fourth-order valence-electron chi connectivity index (χ4n) is 1.19. The van der Waals surface area contributed by atoms with Gasteiger partial charge in [-0.2, -0.15) is 0 Å². The molecule has 0 bridgehead atoms. The highest BCUT2D eigenvalue weighted by Gasteiger charge is 2.07. The smallest absolute Gasteiger partial charge is 0.240 e. The van der Waals surface area contributed by atoms with Gasteiger partial charge in [0.25, 0.3) is 0 Å². The number of anilines is 1. The van der Waals surface area contributed by atoms with E-state index in [0.717, 1.165) is 15.9 Å². The number of nitrogens with one attached hydrogen (secondary N) is 1. The third-order valence-electron chi connectivity index (χ3n) is 2.01. The van der Waals surface area contributed by atoms with Gasteiger partial charge in [0.1, 0.15) is 0 Å². The number of thiazole rings is 1. The maximum atomic E-state index is 11.3. The summed E-state index contributed by atoms with van der Waals surface area (Å²) in [5, 5.41) is 2.74. The van der Waals surface area contributed by atoms with Crippen LogP contribution in [0, 0.1) is 0 Å². The second-order valence-electron chi connectivity index (χ2n) is 3.31. The van der Waals surface area contributed by atoms with Crippen molar-refractivity contribution < 1.29 is 4.79 Å². The fraction of sp³-hybridized carbons (Fsp3) is 0.200. The third-order valence-corrected chi connectivity index (χ3v) is 2.80. The molecule has 0 unspecified atom stereocenters. The molecule has 0 aliphatic heterocycles. The van der Waals surface area contributed by atoms with Crippen LogP contribution in [0.4, 0.5) is 5.69 Å². The topological polar surface area (TPSA) is 68.0 Å². The van der Waals surface area contributed by atoms with Gasteiger partial charge in [0, 0.05) is 5.69 Å². The molecule has 1 amide bonds. The summed E-state index contributed by atoms with van der Waals surface area (Å²) in [5.41, 5.74) is 8.94. The average molecular weight is 221 g/mol. The van der Waals surface area contributed by atoms with Crippen LogP contribution in [0.3, 0.4) is 0 Å². The number of nitrogens with zero attached hydrogens (tertiary/aromatic N) is 1. The van der Waals surface area contributed by atoms with Crippen molar-refractivity contribution in [1.29, 1.82) is 0 Å². The minimum absolute atomic E-state index is 0.182. The molecule has 3 N–H and O–H groups in total. The predicted molar refractivity (Wildman–Crippen MR) is 61.9 cm³/mol. The first-order chi connectivity index (χ1) is 7.16. The first kappa shape index (κ1) is 10.1. The number of benzene rings is 1. The van der Waals surface area contributed by atoms with Gasteiger partial charge in [-0.1, -0.05) is 0 Å². The molecule has 0 saturated carbocycles. The predicted octanol–water partition coefficient (Wildman–Crippen LogP) is 1.58. The van der Waals surface area contributed by atoms with Crippen molar-refractivity contribution in [2.24, 2.45) is 5.73 Å². The van der Waals surface area contributed by atoms with E-state index in [-0.39, 0.29) is 5.91 Å². The lowest BCUT2D eigenvalue weighted by Crippen LogP contribution is -2.32. The molecule has 0 aliphatic rings. The molecule has 1 atom stereocenters. The van der Waals surface area contributed by atoms with E-state index in [1.165, 1.54) is 0 Å². The van der Waals surface area contributed by atoms with Crippen LogP contribution in [-0.2, 0) is 4.79 Å². The molecule has 15 heavy (non-hydrogen) atoms. The van der Waals surface area contributed by atoms with Crippen LogP contribution in [0.15, 0.2) is 23.7 Å². The second-order valence-corrected chi connectivity index (χ2v) is 4.20. The summed E-state index contributed by atoms with van der Waals surface area (Å²) in [5.74, 6) is -0.182. The SMILES string of the molecule is C[C@H](N)C(=O)Nc1ccc2ncsc2c1. The quantitative estimate of drug-likeness (QED) is 0.809. The number of amides is 1. The van der Waals surface area contributed by atoms with Crippen LogP contribution in [-0.4, -0.2) is 16.9 Å². The van der Waals surface area contributed by atoms with Gasteiger partial charge in [-0.25, -0.2) is 4.98 Å². The zero-order valence-corrected chi connectivity index (χ0v) is 9.04. The minimum atomic E-state index is -0.498. The second kappa shape index (κ2) is 3.96. The first-order valence-corrected chi connectivity index (χ1v) is 5.44. The molecule has 4 nitrogen and oxygen atoms in total. The number of nitrogens with two attached hydrogens (primary N) is 1. The normalized spacial score (nSPS) is 12.7. The summed E-state index contributed by atoms with van der Waals surface area (Å²) in [6.45, 7) is 1.65. The van der Waals surface area contributed by atoms with E-state index in [1.807, 2.05) is 18.2 Å². The zero-order valence-electron chi connectivity index (χ0n) is 8.23. The van der Waals surface area contributed by atoms with Crippen molar-refractivity contribution in [3.63, 3.8) is 0 Å². The average Bonchev–Trinajstić information content (AvgIpc) is 2.64. The van der Waals surface area contributed by atoms with E-state index in [4.69, 9.17) is 5.73 Å². The number of hydrogen-bond acceptors (Lipinski definition) is 4. The lowest BCUT2D eigenvalue weighted by molar-refractivity contribution is -0.117. The molecule has 1 aromatic carbocycles. The van der Waals surface area contributed by atoms with E-state index < -0.39 is 6.04 Å². The van der Waals surface area contributed by atoms with Gasteiger partial charge in [-0.3, -0.25) is 4.79 Å². The standard InChI is InChI=1S/C10H11N3OS/c1-6(11)10(14)13-7-2-3-8-9(4-7)15-5-12-8/h2-6H,11H2,1H3,(H,13,14)/t6-/m0/s1. The molecule has 1 heterocycles. The Labute approximate surface area is 91.1 Å². The van der Waals surface area contributed by atoms with Crippen molar-refractivity contribution in [1.82, 2.24) is 4.98 Å². The summed E-state index contributed by atoms with van der Waals surface area (Å²) < 4.78 is 1.05. The van der Waals surface area contributed by atoms with Crippen molar-refractivity contribution >= 4 is 33.1 Å². The summed E-state index contributed by atoms with van der Waals surface area (Å²) in [4.78, 5) is 15.5. The summed E-state index contributed by atoms with van der Waals surface area (Å²) in [7, 11) is 0. The van der Waals surface area contributed by atoms with E-state index in [0.29, 0.717) is 0 Å². The van der Waals surface area contributed by atoms with E-state index >= 15 is 0 Å². The highest BCUT2D eigenvalue weighted by molar-refractivity contribution is 7.16. The van der Waals surface area contributed by atoms with Gasteiger partial charge in [0.05, 0.1) is 21.8 Å². The molecule has 78 valence electrons. The minimum Gasteiger partial charge on any atom is -0.325 e. The van der Waals surface area contributed by atoms with Gasteiger partial charge < -0.3 is 11.1 Å². The Bertz CT molecular complexity index is 492. The molecule has 0 fully saturated rings. The Balaban J connectivity index is 2.25. The molecular weight excluding hydrogens is 210 g/mol. The molecule has 1 aromatic heterocycles. The van der Waals surface area contributed by atoms with Crippen molar-refractivity contribution in [3.8, 4) is 0 Å². The number of aromatic nitrogens is 1. The Morgan fingerprint density at radius 3 is 3.13 bits per heavy atom. The summed E-state index contributed by atoms with van der Waals surface area (Å²) in [6.07, 6.45) is 0. The molecular formula is C10H11N3OS. The lowest BCUT2D eigenvalue weighted by Gasteiger charge is -2.07. The van der Waals surface area contributed by atoms with Crippen molar-refractivity contribution in [2.45, 2.75) is 13.0 Å². The maximum Gasteiger partial charge on any atom is 0.240 e. The fourth-order valence-corrected chi connectivity index (χ4v) is 1.91. The van der Waals surface area contributed by atoms with Gasteiger partial charge in [0.2, 0.25) is 5.91 Å². The van der Waals surface area contributed by atoms with Crippen LogP contribution in [0.2, 0.25) is 0 Å². The number of hydrogen-bond donors (Lipinski definition) is 2. The summed E-state index contributed by atoms with van der Waals surface area (Å²) in [6, 6.07) is 5.10.